The number of benzene rings is 1. The van der Waals surface area contributed by atoms with Crippen LogP contribution in [0.1, 0.15) is 13.3 Å². The van der Waals surface area contributed by atoms with Crippen molar-refractivity contribution in [1.29, 1.82) is 0 Å². The quantitative estimate of drug-likeness (QED) is 0.816. The minimum Gasteiger partial charge on any atom is -0.399 e. The molecule has 0 aliphatic heterocycles. The van der Waals surface area contributed by atoms with Gasteiger partial charge in [0.05, 0.1) is 5.52 Å². The maximum Gasteiger partial charge on any atom is 0.139 e. The molecule has 20 heavy (non-hydrogen) atoms. The average molecular weight is 273 g/mol. The first kappa shape index (κ1) is 14.5. The molecule has 0 unspecified atom stereocenters. The Labute approximate surface area is 120 Å². The molecular formula is C15H23N5. The Morgan fingerprint density at radius 3 is 2.65 bits per heavy atom. The second-order valence-corrected chi connectivity index (χ2v) is 5.21. The number of rotatable bonds is 6. The molecule has 5 nitrogen and oxygen atoms in total. The van der Waals surface area contributed by atoms with Gasteiger partial charge in [0.2, 0.25) is 0 Å². The second kappa shape index (κ2) is 6.52. The van der Waals surface area contributed by atoms with Crippen LogP contribution in [0.2, 0.25) is 0 Å². The normalized spacial score (nSPS) is 11.2. The number of aromatic nitrogens is 2. The highest BCUT2D eigenvalue weighted by Gasteiger charge is 2.10. The van der Waals surface area contributed by atoms with Crippen molar-refractivity contribution >= 4 is 22.4 Å². The first-order valence-corrected chi connectivity index (χ1v) is 7.01. The molecule has 1 aromatic heterocycles. The Balaban J connectivity index is 2.25. The standard InChI is InChI=1S/C15H23N5/c1-4-20(9-5-8-19(2)3)15-13-7-6-12(16)10-14(13)17-11-18-15/h6-7,10-11H,4-5,8-9,16H2,1-3H3. The summed E-state index contributed by atoms with van der Waals surface area (Å²) in [5, 5.41) is 1.06. The lowest BCUT2D eigenvalue weighted by Crippen LogP contribution is -2.28. The predicted octanol–water partition coefficient (Wildman–Crippen LogP) is 1.99. The molecule has 0 fully saturated rings. The average Bonchev–Trinajstić information content (AvgIpc) is 2.42. The van der Waals surface area contributed by atoms with Crippen LogP contribution in [0, 0.1) is 0 Å². The zero-order valence-corrected chi connectivity index (χ0v) is 12.5. The fraction of sp³-hybridized carbons (Fsp3) is 0.467. The minimum atomic E-state index is 0.734. The lowest BCUT2D eigenvalue weighted by molar-refractivity contribution is 0.400. The van der Waals surface area contributed by atoms with E-state index in [1.807, 2.05) is 18.2 Å². The van der Waals surface area contributed by atoms with Crippen LogP contribution < -0.4 is 10.6 Å². The Kier molecular flexibility index (Phi) is 4.74. The van der Waals surface area contributed by atoms with E-state index in [-0.39, 0.29) is 0 Å². The van der Waals surface area contributed by atoms with Crippen molar-refractivity contribution in [2.24, 2.45) is 0 Å². The Morgan fingerprint density at radius 2 is 1.95 bits per heavy atom. The van der Waals surface area contributed by atoms with E-state index in [2.05, 4.69) is 40.8 Å². The number of fused-ring (bicyclic) bond motifs is 1. The van der Waals surface area contributed by atoms with Crippen molar-refractivity contribution in [3.05, 3.63) is 24.5 Å². The van der Waals surface area contributed by atoms with Crippen LogP contribution >= 0.6 is 0 Å². The number of hydrogen-bond donors (Lipinski definition) is 1. The molecule has 2 rings (SSSR count). The molecule has 0 atom stereocenters. The smallest absolute Gasteiger partial charge is 0.139 e. The van der Waals surface area contributed by atoms with Gasteiger partial charge in [-0.15, -0.1) is 0 Å². The van der Waals surface area contributed by atoms with Gasteiger partial charge in [-0.3, -0.25) is 0 Å². The predicted molar refractivity (Wildman–Crippen MR) is 85.0 cm³/mol. The zero-order chi connectivity index (χ0) is 14.5. The van der Waals surface area contributed by atoms with Crippen LogP contribution in [0.4, 0.5) is 11.5 Å². The summed E-state index contributed by atoms with van der Waals surface area (Å²) in [7, 11) is 4.19. The summed E-state index contributed by atoms with van der Waals surface area (Å²) < 4.78 is 0. The molecule has 0 spiro atoms. The van der Waals surface area contributed by atoms with Gasteiger partial charge in [0.25, 0.3) is 0 Å². The van der Waals surface area contributed by atoms with Crippen molar-refractivity contribution < 1.29 is 0 Å². The van der Waals surface area contributed by atoms with Gasteiger partial charge in [0.15, 0.2) is 0 Å². The molecule has 2 aromatic rings. The van der Waals surface area contributed by atoms with E-state index < -0.39 is 0 Å². The highest BCUT2D eigenvalue weighted by Crippen LogP contribution is 2.24. The van der Waals surface area contributed by atoms with Gasteiger partial charge in [-0.2, -0.15) is 0 Å². The third-order valence-electron chi connectivity index (χ3n) is 3.35. The SMILES string of the molecule is CCN(CCCN(C)C)c1ncnc2cc(N)ccc12. The number of hydrogen-bond acceptors (Lipinski definition) is 5. The number of nitrogen functional groups attached to an aromatic ring is 1. The van der Waals surface area contributed by atoms with Crippen molar-refractivity contribution in [3.8, 4) is 0 Å². The maximum atomic E-state index is 5.82. The van der Waals surface area contributed by atoms with Gasteiger partial charge in [-0.1, -0.05) is 0 Å². The summed E-state index contributed by atoms with van der Waals surface area (Å²) in [5.74, 6) is 0.997. The molecule has 1 aromatic carbocycles. The molecular weight excluding hydrogens is 250 g/mol. The van der Waals surface area contributed by atoms with Crippen LogP contribution in [-0.2, 0) is 0 Å². The monoisotopic (exact) mass is 273 g/mol. The summed E-state index contributed by atoms with van der Waals surface area (Å²) in [6.07, 6.45) is 2.73. The third-order valence-corrected chi connectivity index (χ3v) is 3.35. The molecule has 0 bridgehead atoms. The molecule has 2 N–H and O–H groups in total. The summed E-state index contributed by atoms with van der Waals surface area (Å²) in [6.45, 7) is 5.16. The van der Waals surface area contributed by atoms with Crippen molar-refractivity contribution in [1.82, 2.24) is 14.9 Å². The fourth-order valence-corrected chi connectivity index (χ4v) is 2.30. The first-order chi connectivity index (χ1) is 9.61. The summed E-state index contributed by atoms with van der Waals surface area (Å²) in [5.41, 5.74) is 7.45. The van der Waals surface area contributed by atoms with Crippen LogP contribution in [-0.4, -0.2) is 48.6 Å². The lowest BCUT2D eigenvalue weighted by Gasteiger charge is -2.24. The maximum absolute atomic E-state index is 5.82. The van der Waals surface area contributed by atoms with E-state index >= 15 is 0 Å². The second-order valence-electron chi connectivity index (χ2n) is 5.21. The van der Waals surface area contributed by atoms with Crippen molar-refractivity contribution in [2.45, 2.75) is 13.3 Å². The Morgan fingerprint density at radius 1 is 1.15 bits per heavy atom. The van der Waals surface area contributed by atoms with Gasteiger partial charge >= 0.3 is 0 Å². The Hall–Kier alpha value is -1.88. The van der Waals surface area contributed by atoms with Crippen LogP contribution in [0.5, 0.6) is 0 Å². The minimum absolute atomic E-state index is 0.734. The van der Waals surface area contributed by atoms with Crippen molar-refractivity contribution in [2.75, 3.05) is 44.4 Å². The summed E-state index contributed by atoms with van der Waals surface area (Å²) in [4.78, 5) is 13.3. The number of anilines is 2. The van der Waals surface area contributed by atoms with E-state index in [9.17, 15) is 0 Å². The van der Waals surface area contributed by atoms with Gasteiger partial charge < -0.3 is 15.5 Å². The highest BCUT2D eigenvalue weighted by molar-refractivity contribution is 5.91. The summed E-state index contributed by atoms with van der Waals surface area (Å²) in [6, 6.07) is 5.81. The summed E-state index contributed by atoms with van der Waals surface area (Å²) >= 11 is 0. The van der Waals surface area contributed by atoms with Crippen LogP contribution in [0.3, 0.4) is 0 Å². The lowest BCUT2D eigenvalue weighted by atomic mass is 10.2. The molecule has 0 amide bonds. The van der Waals surface area contributed by atoms with Gasteiger partial charge in [-0.05, 0) is 52.2 Å². The molecule has 0 saturated heterocycles. The van der Waals surface area contributed by atoms with Gasteiger partial charge in [0, 0.05) is 24.2 Å². The van der Waals surface area contributed by atoms with E-state index in [0.29, 0.717) is 0 Å². The van der Waals surface area contributed by atoms with Crippen LogP contribution in [0.25, 0.3) is 10.9 Å². The van der Waals surface area contributed by atoms with Gasteiger partial charge in [-0.25, -0.2) is 9.97 Å². The highest BCUT2D eigenvalue weighted by atomic mass is 15.2. The first-order valence-electron chi connectivity index (χ1n) is 7.01. The van der Waals surface area contributed by atoms with E-state index in [0.717, 1.165) is 48.5 Å². The molecule has 0 aliphatic rings. The molecule has 0 radical (unpaired) electrons. The zero-order valence-electron chi connectivity index (χ0n) is 12.5. The third kappa shape index (κ3) is 3.36. The molecule has 108 valence electrons. The molecule has 0 aliphatic carbocycles. The number of nitrogens with two attached hydrogens (primary N) is 1. The Bertz CT molecular complexity index is 567. The van der Waals surface area contributed by atoms with E-state index in [1.54, 1.807) is 6.33 Å². The molecule has 1 heterocycles. The van der Waals surface area contributed by atoms with E-state index in [4.69, 9.17) is 5.73 Å². The van der Waals surface area contributed by atoms with Crippen molar-refractivity contribution in [3.63, 3.8) is 0 Å². The van der Waals surface area contributed by atoms with E-state index in [1.165, 1.54) is 0 Å². The van der Waals surface area contributed by atoms with Gasteiger partial charge in [0.1, 0.15) is 12.1 Å². The molecule has 5 heteroatoms. The van der Waals surface area contributed by atoms with Crippen LogP contribution in [0.15, 0.2) is 24.5 Å². The largest absolute Gasteiger partial charge is 0.399 e. The molecule has 0 saturated carbocycles. The fourth-order valence-electron chi connectivity index (χ4n) is 2.30. The number of nitrogens with zero attached hydrogens (tertiary/aromatic N) is 4. The topological polar surface area (TPSA) is 58.3 Å².